The normalized spacial score (nSPS) is 15.6. The van der Waals surface area contributed by atoms with E-state index in [0.29, 0.717) is 13.0 Å². The molecule has 9 nitrogen and oxygen atoms in total. The zero-order valence-electron chi connectivity index (χ0n) is 24.0. The Labute approximate surface area is 237 Å². The van der Waals surface area contributed by atoms with Gasteiger partial charge >= 0.3 is 6.09 Å². The second-order valence-electron chi connectivity index (χ2n) is 11.2. The van der Waals surface area contributed by atoms with Crippen LogP contribution in [0.5, 0.6) is 0 Å². The van der Waals surface area contributed by atoms with Crippen LogP contribution in [0.4, 0.5) is 4.79 Å². The lowest BCUT2D eigenvalue weighted by Crippen LogP contribution is -2.58. The molecule has 1 heterocycles. The van der Waals surface area contributed by atoms with E-state index in [1.807, 2.05) is 75.4 Å². The molecule has 3 atom stereocenters. The van der Waals surface area contributed by atoms with Crippen LogP contribution in [0.1, 0.15) is 52.5 Å². The van der Waals surface area contributed by atoms with Crippen LogP contribution < -0.4 is 16.5 Å². The van der Waals surface area contributed by atoms with E-state index < -0.39 is 35.6 Å². The minimum absolute atomic E-state index is 0.105. The first-order chi connectivity index (χ1) is 19.1. The minimum Gasteiger partial charge on any atom is -0.450 e. The smallest absolute Gasteiger partial charge is 0.407 e. The van der Waals surface area contributed by atoms with Crippen LogP contribution in [0.3, 0.4) is 0 Å². The number of nitrogens with one attached hydrogen (secondary N) is 2. The van der Waals surface area contributed by atoms with Crippen molar-refractivity contribution in [1.29, 1.82) is 0 Å². The van der Waals surface area contributed by atoms with Crippen molar-refractivity contribution in [1.82, 2.24) is 20.7 Å². The van der Waals surface area contributed by atoms with Gasteiger partial charge in [-0.3, -0.25) is 15.2 Å². The highest BCUT2D eigenvalue weighted by molar-refractivity contribution is 5.86. The van der Waals surface area contributed by atoms with Gasteiger partial charge in [-0.25, -0.2) is 9.80 Å². The average molecular weight is 550 g/mol. The van der Waals surface area contributed by atoms with E-state index in [9.17, 15) is 14.7 Å². The molecule has 216 valence electrons. The van der Waals surface area contributed by atoms with Crippen LogP contribution in [0.2, 0.25) is 0 Å². The molecule has 5 N–H and O–H groups in total. The molecule has 0 aliphatic heterocycles. The largest absolute Gasteiger partial charge is 0.450 e. The van der Waals surface area contributed by atoms with Crippen LogP contribution in [-0.2, 0) is 16.1 Å². The fourth-order valence-electron chi connectivity index (χ4n) is 4.49. The molecular formula is C31H43N5O4. The number of aliphatic hydroxyl groups is 1. The number of nitrogens with two attached hydrogens (primary N) is 1. The molecule has 0 saturated carbocycles. The fourth-order valence-corrected chi connectivity index (χ4v) is 4.49. The van der Waals surface area contributed by atoms with Gasteiger partial charge in [0.1, 0.15) is 6.04 Å². The quantitative estimate of drug-likeness (QED) is 0.293. The summed E-state index contributed by atoms with van der Waals surface area (Å²) < 4.78 is 5.02. The molecule has 0 spiro atoms. The van der Waals surface area contributed by atoms with Gasteiger partial charge in [0.15, 0.2) is 0 Å². The summed E-state index contributed by atoms with van der Waals surface area (Å²) in [5, 5.41) is 15.4. The summed E-state index contributed by atoms with van der Waals surface area (Å²) in [7, 11) is 0. The number of ether oxygens (including phenoxy) is 1. The van der Waals surface area contributed by atoms with E-state index in [1.165, 1.54) is 5.57 Å². The number of hydrogen-bond acceptors (Lipinski definition) is 7. The number of hydrazine groups is 1. The molecule has 9 heteroatoms. The Morgan fingerprint density at radius 1 is 1.18 bits per heavy atom. The van der Waals surface area contributed by atoms with Crippen molar-refractivity contribution in [3.8, 4) is 11.3 Å². The zero-order chi connectivity index (χ0) is 29.1. The van der Waals surface area contributed by atoms with Gasteiger partial charge in [0.25, 0.3) is 5.91 Å². The molecule has 3 unspecified atom stereocenters. The Morgan fingerprint density at radius 2 is 1.93 bits per heavy atom. The summed E-state index contributed by atoms with van der Waals surface area (Å²) in [5.41, 5.74) is 12.7. The molecule has 0 saturated heterocycles. The number of pyridine rings is 1. The standard InChI is InChI=1S/C31H43N5O4/c1-5-40-30(39)34-28(31(2,3)4)29(38)35-36(21-27(37)25(32)19-22-11-7-6-8-12-22)20-23-14-16-24(17-15-23)26-13-9-10-18-33-26/h6-7,9-11,13-18,25,27-28,37H,5,8,12,19-21,32H2,1-4H3,(H,34,39)(H,35,38). The van der Waals surface area contributed by atoms with Gasteiger partial charge in [0.2, 0.25) is 0 Å². The van der Waals surface area contributed by atoms with Gasteiger partial charge in [0.05, 0.1) is 18.4 Å². The summed E-state index contributed by atoms with van der Waals surface area (Å²) in [6, 6.07) is 12.3. The Balaban J connectivity index is 1.77. The molecule has 1 aromatic heterocycles. The average Bonchev–Trinajstić information content (AvgIpc) is 2.92. The minimum atomic E-state index is -0.897. The summed E-state index contributed by atoms with van der Waals surface area (Å²) in [6.45, 7) is 7.91. The predicted molar refractivity (Wildman–Crippen MR) is 157 cm³/mol. The SMILES string of the molecule is CCOC(=O)NC(C(=O)NN(Cc1ccc(-c2ccccn2)cc1)CC(O)C(N)CC1=CC=CCC1)C(C)(C)C. The lowest BCUT2D eigenvalue weighted by atomic mass is 9.86. The number of nitrogens with zero attached hydrogens (tertiary/aromatic N) is 2. The first-order valence-electron chi connectivity index (χ1n) is 13.8. The van der Waals surface area contributed by atoms with Crippen LogP contribution in [0.15, 0.2) is 72.5 Å². The van der Waals surface area contributed by atoms with Crippen LogP contribution in [0.25, 0.3) is 11.3 Å². The Bertz CT molecular complexity index is 1160. The molecular weight excluding hydrogens is 506 g/mol. The van der Waals surface area contributed by atoms with Crippen molar-refractivity contribution in [2.45, 2.75) is 71.7 Å². The highest BCUT2D eigenvalue weighted by Gasteiger charge is 2.34. The van der Waals surface area contributed by atoms with Crippen molar-refractivity contribution in [2.24, 2.45) is 11.1 Å². The molecule has 40 heavy (non-hydrogen) atoms. The number of aliphatic hydroxyl groups excluding tert-OH is 1. The Kier molecular flexibility index (Phi) is 11.4. The van der Waals surface area contributed by atoms with Gasteiger partial charge in [-0.1, -0.05) is 74.9 Å². The summed E-state index contributed by atoms with van der Waals surface area (Å²) >= 11 is 0. The first kappa shape index (κ1) is 31.0. The van der Waals surface area contributed by atoms with Crippen LogP contribution in [-0.4, -0.2) is 58.4 Å². The number of aromatic nitrogens is 1. The highest BCUT2D eigenvalue weighted by atomic mass is 16.5. The van der Waals surface area contributed by atoms with Gasteiger partial charge in [-0.2, -0.15) is 0 Å². The van der Waals surface area contributed by atoms with E-state index in [1.54, 1.807) is 18.1 Å². The number of alkyl carbamates (subject to hydrolysis) is 1. The number of carbonyl (C=O) groups excluding carboxylic acids is 2. The van der Waals surface area contributed by atoms with Crippen LogP contribution in [0, 0.1) is 5.41 Å². The summed E-state index contributed by atoms with van der Waals surface area (Å²) in [5.74, 6) is -0.411. The number of benzene rings is 1. The van der Waals surface area contributed by atoms with Gasteiger partial charge < -0.3 is 20.9 Å². The monoisotopic (exact) mass is 549 g/mol. The maximum atomic E-state index is 13.5. The maximum Gasteiger partial charge on any atom is 0.407 e. The van der Waals surface area contributed by atoms with E-state index >= 15 is 0 Å². The summed E-state index contributed by atoms with van der Waals surface area (Å²) in [6.07, 6.45) is 8.83. The van der Waals surface area contributed by atoms with Gasteiger partial charge in [-0.15, -0.1) is 0 Å². The maximum absolute atomic E-state index is 13.5. The van der Waals surface area contributed by atoms with Gasteiger partial charge in [0, 0.05) is 30.9 Å². The Hall–Kier alpha value is -3.53. The van der Waals surface area contributed by atoms with Gasteiger partial charge in [-0.05, 0) is 49.3 Å². The summed E-state index contributed by atoms with van der Waals surface area (Å²) in [4.78, 5) is 30.1. The molecule has 2 amide bonds. The topological polar surface area (TPSA) is 130 Å². The number of allylic oxidation sites excluding steroid dienone is 3. The van der Waals surface area contributed by atoms with E-state index in [0.717, 1.165) is 29.7 Å². The van der Waals surface area contributed by atoms with E-state index in [-0.39, 0.29) is 13.2 Å². The van der Waals surface area contributed by atoms with Crippen molar-refractivity contribution < 1.29 is 19.4 Å². The molecule has 3 rings (SSSR count). The second-order valence-corrected chi connectivity index (χ2v) is 11.2. The molecule has 0 fully saturated rings. The fraction of sp³-hybridized carbons (Fsp3) is 0.452. The number of amides is 2. The number of rotatable bonds is 12. The van der Waals surface area contributed by atoms with E-state index in [2.05, 4.69) is 21.8 Å². The molecule has 0 bridgehead atoms. The van der Waals surface area contributed by atoms with Crippen LogP contribution >= 0.6 is 0 Å². The molecule has 1 aliphatic carbocycles. The second kappa shape index (κ2) is 14.7. The molecule has 1 aliphatic rings. The highest BCUT2D eigenvalue weighted by Crippen LogP contribution is 2.22. The molecule has 2 aromatic rings. The Morgan fingerprint density at radius 3 is 2.52 bits per heavy atom. The van der Waals surface area contributed by atoms with Crippen molar-refractivity contribution in [2.75, 3.05) is 13.2 Å². The number of hydrogen-bond donors (Lipinski definition) is 4. The third kappa shape index (κ3) is 9.59. The van der Waals surface area contributed by atoms with E-state index in [4.69, 9.17) is 10.5 Å². The molecule has 1 aromatic carbocycles. The predicted octanol–water partition coefficient (Wildman–Crippen LogP) is 4.10. The van der Waals surface area contributed by atoms with Crippen molar-refractivity contribution in [3.63, 3.8) is 0 Å². The third-order valence-corrected chi connectivity index (χ3v) is 6.72. The first-order valence-corrected chi connectivity index (χ1v) is 13.8. The lowest BCUT2D eigenvalue weighted by Gasteiger charge is -2.34. The number of carbonyl (C=O) groups is 2. The third-order valence-electron chi connectivity index (χ3n) is 6.72. The lowest BCUT2D eigenvalue weighted by molar-refractivity contribution is -0.131. The molecule has 0 radical (unpaired) electrons. The zero-order valence-corrected chi connectivity index (χ0v) is 24.0. The van der Waals surface area contributed by atoms with Crippen molar-refractivity contribution >= 4 is 12.0 Å². The van der Waals surface area contributed by atoms with Crippen molar-refractivity contribution in [3.05, 3.63) is 78.0 Å².